The van der Waals surface area contributed by atoms with Gasteiger partial charge in [0.1, 0.15) is 10.8 Å². The maximum absolute atomic E-state index is 13.3. The van der Waals surface area contributed by atoms with Crippen LogP contribution in [0.2, 0.25) is 0 Å². The van der Waals surface area contributed by atoms with Crippen LogP contribution in [0.1, 0.15) is 5.69 Å². The van der Waals surface area contributed by atoms with Crippen molar-refractivity contribution in [3.05, 3.63) is 60.0 Å². The molecule has 0 aliphatic carbocycles. The number of hydrogen-bond donors (Lipinski definition) is 1. The van der Waals surface area contributed by atoms with E-state index in [1.165, 1.54) is 23.5 Å². The maximum atomic E-state index is 13.3. The minimum absolute atomic E-state index is 0.240. The third-order valence-corrected chi connectivity index (χ3v) is 4.31. The lowest BCUT2D eigenvalue weighted by atomic mass is 10.1. The van der Waals surface area contributed by atoms with Crippen LogP contribution in [-0.4, -0.2) is 4.98 Å². The Labute approximate surface area is 120 Å². The van der Waals surface area contributed by atoms with Crippen molar-refractivity contribution in [1.82, 2.24) is 4.98 Å². The van der Waals surface area contributed by atoms with Gasteiger partial charge in [-0.05, 0) is 36.8 Å². The molecule has 3 rings (SSSR count). The molecule has 0 atom stereocenters. The monoisotopic (exact) mass is 284 g/mol. The number of anilines is 1. The van der Waals surface area contributed by atoms with Gasteiger partial charge in [-0.25, -0.2) is 9.37 Å². The van der Waals surface area contributed by atoms with E-state index in [2.05, 4.69) is 4.98 Å². The van der Waals surface area contributed by atoms with Gasteiger partial charge in [0.15, 0.2) is 0 Å². The summed E-state index contributed by atoms with van der Waals surface area (Å²) in [7, 11) is 0. The minimum atomic E-state index is -0.240. The Kier molecular flexibility index (Phi) is 3.24. The summed E-state index contributed by atoms with van der Waals surface area (Å²) >= 11 is 1.53. The maximum Gasteiger partial charge on any atom is 0.126 e. The zero-order chi connectivity index (χ0) is 14.1. The Morgan fingerprint density at radius 2 is 1.90 bits per heavy atom. The highest BCUT2D eigenvalue weighted by Gasteiger charge is 2.13. The predicted octanol–water partition coefficient (Wildman–Crippen LogP) is 4.51. The van der Waals surface area contributed by atoms with E-state index in [1.54, 1.807) is 6.07 Å². The topological polar surface area (TPSA) is 38.9 Å². The molecule has 2 N–H and O–H groups in total. The van der Waals surface area contributed by atoms with Crippen molar-refractivity contribution in [3.63, 3.8) is 0 Å². The van der Waals surface area contributed by atoms with Gasteiger partial charge in [-0.2, -0.15) is 0 Å². The van der Waals surface area contributed by atoms with Crippen LogP contribution >= 0.6 is 11.3 Å². The van der Waals surface area contributed by atoms with E-state index in [0.29, 0.717) is 5.69 Å². The minimum Gasteiger partial charge on any atom is -0.398 e. The second-order valence-corrected chi connectivity index (χ2v) is 5.53. The van der Waals surface area contributed by atoms with E-state index >= 15 is 0 Å². The van der Waals surface area contributed by atoms with Gasteiger partial charge in [-0.15, -0.1) is 11.3 Å². The number of thiazole rings is 1. The van der Waals surface area contributed by atoms with E-state index in [0.717, 1.165) is 26.7 Å². The molecule has 4 heteroatoms. The Bertz CT molecular complexity index is 765. The summed E-state index contributed by atoms with van der Waals surface area (Å²) in [5.74, 6) is -0.240. The van der Waals surface area contributed by atoms with Crippen LogP contribution < -0.4 is 5.73 Å². The van der Waals surface area contributed by atoms with E-state index in [9.17, 15) is 4.39 Å². The van der Waals surface area contributed by atoms with Gasteiger partial charge < -0.3 is 5.73 Å². The Morgan fingerprint density at radius 3 is 2.65 bits per heavy atom. The first-order valence-corrected chi connectivity index (χ1v) is 7.05. The fourth-order valence-corrected chi connectivity index (χ4v) is 3.21. The van der Waals surface area contributed by atoms with Crippen LogP contribution in [0.4, 0.5) is 10.1 Å². The number of nitrogen functional groups attached to an aromatic ring is 1. The lowest BCUT2D eigenvalue weighted by Gasteiger charge is -2.00. The normalized spacial score (nSPS) is 10.7. The number of halogens is 1. The molecule has 0 fully saturated rings. The highest BCUT2D eigenvalue weighted by Crippen LogP contribution is 2.37. The molecule has 20 heavy (non-hydrogen) atoms. The first-order valence-electron chi connectivity index (χ1n) is 6.23. The molecular formula is C16H13FN2S. The van der Waals surface area contributed by atoms with Crippen molar-refractivity contribution >= 4 is 17.0 Å². The Morgan fingerprint density at radius 1 is 1.10 bits per heavy atom. The van der Waals surface area contributed by atoms with Gasteiger partial charge in [-0.3, -0.25) is 0 Å². The quantitative estimate of drug-likeness (QED) is 0.703. The summed E-state index contributed by atoms with van der Waals surface area (Å²) in [6, 6.07) is 14.2. The molecule has 0 aliphatic heterocycles. The first-order chi connectivity index (χ1) is 9.65. The summed E-state index contributed by atoms with van der Waals surface area (Å²) in [5.41, 5.74) is 9.34. The zero-order valence-corrected chi connectivity index (χ0v) is 11.7. The molecule has 0 bridgehead atoms. The lowest BCUT2D eigenvalue weighted by molar-refractivity contribution is 0.628. The third-order valence-electron chi connectivity index (χ3n) is 3.07. The third kappa shape index (κ3) is 2.30. The van der Waals surface area contributed by atoms with E-state index < -0.39 is 0 Å². The average molecular weight is 284 g/mol. The first kappa shape index (κ1) is 12.8. The fraction of sp³-hybridized carbons (Fsp3) is 0.0625. The van der Waals surface area contributed by atoms with Crippen molar-refractivity contribution in [2.24, 2.45) is 0 Å². The number of rotatable bonds is 2. The molecule has 0 spiro atoms. The predicted molar refractivity (Wildman–Crippen MR) is 82.1 cm³/mol. The second kappa shape index (κ2) is 5.06. The molecule has 3 aromatic rings. The molecule has 0 amide bonds. The van der Waals surface area contributed by atoms with Crippen molar-refractivity contribution in [2.45, 2.75) is 6.92 Å². The lowest BCUT2D eigenvalue weighted by Crippen LogP contribution is -1.88. The average Bonchev–Trinajstić information content (AvgIpc) is 2.81. The van der Waals surface area contributed by atoms with Crippen molar-refractivity contribution in [3.8, 4) is 21.0 Å². The van der Waals surface area contributed by atoms with Crippen LogP contribution in [0.5, 0.6) is 0 Å². The van der Waals surface area contributed by atoms with Crippen molar-refractivity contribution in [2.75, 3.05) is 5.73 Å². The molecule has 0 unspecified atom stereocenters. The second-order valence-electron chi connectivity index (χ2n) is 4.53. The molecule has 2 nitrogen and oxygen atoms in total. The largest absolute Gasteiger partial charge is 0.398 e. The molecule has 0 aliphatic rings. The molecule has 2 aromatic carbocycles. The van der Waals surface area contributed by atoms with Crippen LogP contribution in [-0.2, 0) is 0 Å². The number of hydrogen-bond acceptors (Lipinski definition) is 3. The van der Waals surface area contributed by atoms with Gasteiger partial charge in [0.25, 0.3) is 0 Å². The van der Waals surface area contributed by atoms with Crippen LogP contribution in [0, 0.1) is 12.7 Å². The standard InChI is InChI=1S/C16H13FN2S/c1-10-15(11-5-4-6-12(17)9-11)20-16(19-10)13-7-2-3-8-14(13)18/h2-9H,18H2,1H3. The van der Waals surface area contributed by atoms with E-state index in [4.69, 9.17) is 5.73 Å². The van der Waals surface area contributed by atoms with Gasteiger partial charge >= 0.3 is 0 Å². The Balaban J connectivity index is 2.10. The molecule has 100 valence electrons. The van der Waals surface area contributed by atoms with Gasteiger partial charge in [-0.1, -0.05) is 24.3 Å². The number of aromatic nitrogens is 1. The van der Waals surface area contributed by atoms with Gasteiger partial charge in [0.05, 0.1) is 10.6 Å². The summed E-state index contributed by atoms with van der Waals surface area (Å²) in [6.45, 7) is 1.93. The number of para-hydroxylation sites is 1. The number of benzene rings is 2. The van der Waals surface area contributed by atoms with Crippen LogP contribution in [0.25, 0.3) is 21.0 Å². The number of nitrogens with zero attached hydrogens (tertiary/aromatic N) is 1. The number of aryl methyl sites for hydroxylation is 1. The zero-order valence-electron chi connectivity index (χ0n) is 10.9. The van der Waals surface area contributed by atoms with Gasteiger partial charge in [0.2, 0.25) is 0 Å². The highest BCUT2D eigenvalue weighted by atomic mass is 32.1. The fourth-order valence-electron chi connectivity index (χ4n) is 2.10. The van der Waals surface area contributed by atoms with Crippen molar-refractivity contribution < 1.29 is 4.39 Å². The smallest absolute Gasteiger partial charge is 0.126 e. The van der Waals surface area contributed by atoms with Gasteiger partial charge in [0, 0.05) is 11.3 Å². The van der Waals surface area contributed by atoms with E-state index in [1.807, 2.05) is 37.3 Å². The van der Waals surface area contributed by atoms with Crippen molar-refractivity contribution in [1.29, 1.82) is 0 Å². The SMILES string of the molecule is Cc1nc(-c2ccccc2N)sc1-c1cccc(F)c1. The van der Waals surface area contributed by atoms with Crippen LogP contribution in [0.3, 0.4) is 0 Å². The summed E-state index contributed by atoms with van der Waals surface area (Å²) in [5, 5.41) is 0.861. The molecule has 1 heterocycles. The molecule has 1 aromatic heterocycles. The summed E-state index contributed by atoms with van der Waals surface area (Å²) in [6.07, 6.45) is 0. The molecule has 0 saturated carbocycles. The summed E-state index contributed by atoms with van der Waals surface area (Å²) < 4.78 is 13.3. The number of nitrogens with two attached hydrogens (primary N) is 1. The highest BCUT2D eigenvalue weighted by molar-refractivity contribution is 7.18. The molecular weight excluding hydrogens is 271 g/mol. The molecule has 0 saturated heterocycles. The van der Waals surface area contributed by atoms with E-state index in [-0.39, 0.29) is 5.82 Å². The van der Waals surface area contributed by atoms with Crippen LogP contribution in [0.15, 0.2) is 48.5 Å². The molecule has 0 radical (unpaired) electrons. The summed E-state index contributed by atoms with van der Waals surface area (Å²) in [4.78, 5) is 5.54. The Hall–Kier alpha value is -2.20.